The molecule has 5 rings (SSSR count). The molecule has 8 heteroatoms. The number of aryl methyl sites for hydroxylation is 1. The number of nitrogens with zero attached hydrogens (tertiary/aromatic N) is 2. The Morgan fingerprint density at radius 3 is 2.55 bits per heavy atom. The number of rotatable bonds is 1. The maximum Gasteiger partial charge on any atom is 0.321 e. The van der Waals surface area contributed by atoms with Gasteiger partial charge in [0.1, 0.15) is 16.3 Å². The summed E-state index contributed by atoms with van der Waals surface area (Å²) in [6.07, 6.45) is 2.95. The number of nitrogens with one attached hydrogen (secondary N) is 1. The third kappa shape index (κ3) is 3.50. The molecule has 1 N–H and O–H groups in total. The average Bonchev–Trinajstić information content (AvgIpc) is 2.79. The second kappa shape index (κ2) is 7.53. The van der Waals surface area contributed by atoms with E-state index < -0.39 is 17.2 Å². The third-order valence-electron chi connectivity index (χ3n) is 5.96. The number of ketones is 2. The van der Waals surface area contributed by atoms with Crippen LogP contribution in [0.25, 0.3) is 5.76 Å². The molecule has 0 unspecified atom stereocenters. The van der Waals surface area contributed by atoms with Gasteiger partial charge in [-0.1, -0.05) is 24.3 Å². The van der Waals surface area contributed by atoms with E-state index in [1.54, 1.807) is 23.2 Å². The largest absolute Gasteiger partial charge is 0.484 e. The maximum atomic E-state index is 12.6. The van der Waals surface area contributed by atoms with Gasteiger partial charge in [0.2, 0.25) is 11.6 Å². The summed E-state index contributed by atoms with van der Waals surface area (Å²) < 4.78 is 6.44. The number of likely N-dealkylation sites (tertiary alicyclic amines) is 1. The van der Waals surface area contributed by atoms with E-state index in [4.69, 9.17) is 4.74 Å². The van der Waals surface area contributed by atoms with Gasteiger partial charge in [0, 0.05) is 48.5 Å². The first kappa shape index (κ1) is 19.8. The first-order valence-corrected chi connectivity index (χ1v) is 11.2. The van der Waals surface area contributed by atoms with Gasteiger partial charge in [-0.3, -0.25) is 14.6 Å². The van der Waals surface area contributed by atoms with Crippen LogP contribution in [-0.2, 0) is 9.53 Å². The number of aromatic nitrogens is 1. The Morgan fingerprint density at radius 1 is 1.10 bits per heavy atom. The molecule has 7 nitrogen and oxygen atoms in total. The van der Waals surface area contributed by atoms with Crippen molar-refractivity contribution in [1.82, 2.24) is 9.88 Å². The van der Waals surface area contributed by atoms with Crippen molar-refractivity contribution < 1.29 is 19.1 Å². The van der Waals surface area contributed by atoms with Crippen LogP contribution in [-0.4, -0.2) is 51.9 Å². The maximum absolute atomic E-state index is 12.6. The monoisotopic (exact) mass is 435 g/mol. The van der Waals surface area contributed by atoms with E-state index in [1.807, 2.05) is 31.2 Å². The Labute approximate surface area is 183 Å². The van der Waals surface area contributed by atoms with E-state index in [2.05, 4.69) is 10.3 Å². The first-order valence-electron chi connectivity index (χ1n) is 10.2. The van der Waals surface area contributed by atoms with Crippen LogP contribution in [0.15, 0.2) is 47.5 Å². The highest BCUT2D eigenvalue weighted by molar-refractivity contribution is 8.04. The molecule has 1 fully saturated rings. The lowest BCUT2D eigenvalue weighted by Crippen LogP contribution is -2.51. The van der Waals surface area contributed by atoms with Crippen molar-refractivity contribution in [2.45, 2.75) is 25.4 Å². The van der Waals surface area contributed by atoms with E-state index in [-0.39, 0.29) is 6.03 Å². The van der Waals surface area contributed by atoms with Crippen LogP contribution in [0.4, 0.5) is 10.5 Å². The zero-order chi connectivity index (χ0) is 21.6. The zero-order valence-electron chi connectivity index (χ0n) is 17.0. The van der Waals surface area contributed by atoms with Crippen LogP contribution >= 0.6 is 11.8 Å². The Morgan fingerprint density at radius 2 is 1.84 bits per heavy atom. The van der Waals surface area contributed by atoms with Crippen molar-refractivity contribution in [2.75, 3.05) is 24.2 Å². The second-order valence-corrected chi connectivity index (χ2v) is 9.03. The lowest BCUT2D eigenvalue weighted by Gasteiger charge is -2.45. The fraction of sp³-hybridized carbons (Fsp3) is 0.304. The Kier molecular flexibility index (Phi) is 4.81. The van der Waals surface area contributed by atoms with Crippen molar-refractivity contribution in [3.8, 4) is 0 Å². The molecule has 1 saturated heterocycles. The normalized spacial score (nSPS) is 19.6. The number of allylic oxidation sites excluding steroid dienone is 1. The van der Waals surface area contributed by atoms with E-state index in [1.165, 1.54) is 11.8 Å². The number of pyridine rings is 1. The molecule has 31 heavy (non-hydrogen) atoms. The lowest BCUT2D eigenvalue weighted by molar-refractivity contribution is -0.111. The molecule has 0 bridgehead atoms. The molecular formula is C23H21N3O4S. The molecule has 2 amide bonds. The average molecular weight is 436 g/mol. The number of piperidine rings is 1. The molecule has 1 spiro atoms. The van der Waals surface area contributed by atoms with Gasteiger partial charge < -0.3 is 15.0 Å². The number of carbonyl (C=O) groups excluding carboxylic acids is 3. The van der Waals surface area contributed by atoms with Crippen LogP contribution in [0, 0.1) is 6.92 Å². The molecule has 1 aliphatic carbocycles. The molecule has 0 radical (unpaired) electrons. The molecule has 3 heterocycles. The molecule has 2 aromatic rings. The molecule has 2 aliphatic heterocycles. The fourth-order valence-corrected chi connectivity index (χ4v) is 5.38. The van der Waals surface area contributed by atoms with Gasteiger partial charge >= 0.3 is 6.03 Å². The van der Waals surface area contributed by atoms with Crippen molar-refractivity contribution in [3.63, 3.8) is 0 Å². The minimum absolute atomic E-state index is 0.160. The molecule has 0 atom stereocenters. The van der Waals surface area contributed by atoms with Crippen LogP contribution in [0.2, 0.25) is 0 Å². The topological polar surface area (TPSA) is 88.6 Å². The third-order valence-corrected chi connectivity index (χ3v) is 7.29. The van der Waals surface area contributed by atoms with E-state index in [0.29, 0.717) is 59.2 Å². The van der Waals surface area contributed by atoms with Gasteiger partial charge in [-0.05, 0) is 19.1 Å². The highest BCUT2D eigenvalue weighted by Crippen LogP contribution is 2.47. The first-order chi connectivity index (χ1) is 15.0. The Balaban J connectivity index is 1.30. The molecule has 0 saturated carbocycles. The number of benzene rings is 1. The lowest BCUT2D eigenvalue weighted by atomic mass is 9.90. The molecular weight excluding hydrogens is 414 g/mol. The number of Topliss-reactive ketones (excluding diaryl/α,β-unsaturated/α-hetero) is 2. The highest BCUT2D eigenvalue weighted by Gasteiger charge is 2.46. The van der Waals surface area contributed by atoms with Gasteiger partial charge in [-0.2, -0.15) is 0 Å². The number of thioether (sulfide) groups is 1. The van der Waals surface area contributed by atoms with Crippen molar-refractivity contribution in [3.05, 3.63) is 64.3 Å². The number of urea groups is 1. The number of hydrogen-bond acceptors (Lipinski definition) is 6. The predicted octanol–water partition coefficient (Wildman–Crippen LogP) is 3.65. The van der Waals surface area contributed by atoms with Gasteiger partial charge in [0.25, 0.3) is 0 Å². The summed E-state index contributed by atoms with van der Waals surface area (Å²) in [7, 11) is 0. The number of fused-ring (bicyclic) bond motifs is 2. The van der Waals surface area contributed by atoms with E-state index in [0.717, 1.165) is 5.69 Å². The van der Waals surface area contributed by atoms with Gasteiger partial charge in [-0.15, -0.1) is 11.8 Å². The molecule has 1 aromatic heterocycles. The van der Waals surface area contributed by atoms with Crippen LogP contribution in [0.1, 0.15) is 34.5 Å². The van der Waals surface area contributed by atoms with E-state index in [9.17, 15) is 14.4 Å². The SMILES string of the molecule is Cc1ccc(NC(=O)N2CCC3(CC2)CSC2=C(O3)c3ccccc3C(=O)C2=O)cn1. The van der Waals surface area contributed by atoms with Gasteiger partial charge in [0.05, 0.1) is 11.9 Å². The second-order valence-electron chi connectivity index (χ2n) is 8.04. The Bertz CT molecular complexity index is 1120. The number of anilines is 1. The minimum Gasteiger partial charge on any atom is -0.484 e. The summed E-state index contributed by atoms with van der Waals surface area (Å²) in [6.45, 7) is 2.98. The molecule has 3 aliphatic rings. The summed E-state index contributed by atoms with van der Waals surface area (Å²) in [5.74, 6) is 0.139. The van der Waals surface area contributed by atoms with Crippen molar-refractivity contribution in [1.29, 1.82) is 0 Å². The summed E-state index contributed by atoms with van der Waals surface area (Å²) >= 11 is 1.40. The smallest absolute Gasteiger partial charge is 0.321 e. The summed E-state index contributed by atoms with van der Waals surface area (Å²) in [5, 5.41) is 2.89. The standard InChI is InChI=1S/C23H21N3O4S/c1-14-6-7-15(12-24-14)25-22(29)26-10-8-23(9-11-26)13-31-21-19(28)18(27)16-4-2-3-5-17(16)20(21)30-23/h2-7,12H,8-11,13H2,1H3,(H,25,29). The highest BCUT2D eigenvalue weighted by atomic mass is 32.2. The van der Waals surface area contributed by atoms with Crippen LogP contribution in [0.5, 0.6) is 0 Å². The molecule has 1 aromatic carbocycles. The Hall–Kier alpha value is -3.13. The van der Waals surface area contributed by atoms with Gasteiger partial charge in [0.15, 0.2) is 0 Å². The van der Waals surface area contributed by atoms with Gasteiger partial charge in [-0.25, -0.2) is 4.79 Å². The quantitative estimate of drug-likeness (QED) is 0.688. The summed E-state index contributed by atoms with van der Waals surface area (Å²) in [4.78, 5) is 44.0. The van der Waals surface area contributed by atoms with Crippen LogP contribution in [0.3, 0.4) is 0 Å². The van der Waals surface area contributed by atoms with Crippen molar-refractivity contribution >= 4 is 40.8 Å². The fourth-order valence-electron chi connectivity index (χ4n) is 4.12. The zero-order valence-corrected chi connectivity index (χ0v) is 17.8. The molecule has 158 valence electrons. The number of ether oxygens (including phenoxy) is 1. The number of carbonyl (C=O) groups is 3. The minimum atomic E-state index is -0.489. The predicted molar refractivity (Wildman–Crippen MR) is 118 cm³/mol. The number of hydrogen-bond donors (Lipinski definition) is 1. The van der Waals surface area contributed by atoms with Crippen molar-refractivity contribution in [2.24, 2.45) is 0 Å². The number of amides is 2. The van der Waals surface area contributed by atoms with E-state index >= 15 is 0 Å². The summed E-state index contributed by atoms with van der Waals surface area (Å²) in [6, 6.07) is 10.6. The van der Waals surface area contributed by atoms with Crippen LogP contribution < -0.4 is 5.32 Å². The summed E-state index contributed by atoms with van der Waals surface area (Å²) in [5.41, 5.74) is 2.17.